The molecule has 0 spiro atoms. The van der Waals surface area contributed by atoms with Crippen molar-refractivity contribution in [3.8, 4) is 0 Å². The zero-order valence-electron chi connectivity index (χ0n) is 9.73. The van der Waals surface area contributed by atoms with Gasteiger partial charge in [-0.2, -0.15) is 0 Å². The van der Waals surface area contributed by atoms with Gasteiger partial charge in [-0.3, -0.25) is 4.90 Å². The van der Waals surface area contributed by atoms with Crippen LogP contribution in [0.1, 0.15) is 11.6 Å². The molecule has 2 nitrogen and oxygen atoms in total. The normalized spacial score (nSPS) is 18.9. The zero-order valence-corrected chi connectivity index (χ0v) is 12.0. The Hall–Kier alpha value is -0.0600. The molecular weight excluding hydrogens is 298 g/mol. The van der Waals surface area contributed by atoms with E-state index in [0.717, 1.165) is 26.2 Å². The molecule has 1 aromatic carbocycles. The molecule has 1 aliphatic rings. The SMILES string of the molecule is FC[C@@H](c1cc(Cl)cc(Cl)c1Cl)N1CCNCC1. The molecule has 0 saturated carbocycles. The number of piperazine rings is 1. The van der Waals surface area contributed by atoms with Crippen LogP contribution in [-0.2, 0) is 0 Å². The van der Waals surface area contributed by atoms with Gasteiger partial charge in [0, 0.05) is 31.2 Å². The van der Waals surface area contributed by atoms with Gasteiger partial charge in [-0.05, 0) is 17.7 Å². The van der Waals surface area contributed by atoms with E-state index < -0.39 is 6.67 Å². The van der Waals surface area contributed by atoms with Crippen LogP contribution in [0, 0.1) is 0 Å². The number of hydrogen-bond donors (Lipinski definition) is 1. The third kappa shape index (κ3) is 3.09. The smallest absolute Gasteiger partial charge is 0.109 e. The second-order valence-corrected chi connectivity index (χ2v) is 5.47. The van der Waals surface area contributed by atoms with Crippen molar-refractivity contribution in [2.75, 3.05) is 32.9 Å². The van der Waals surface area contributed by atoms with Gasteiger partial charge in [0.25, 0.3) is 0 Å². The predicted molar refractivity (Wildman–Crippen MR) is 74.6 cm³/mol. The van der Waals surface area contributed by atoms with Crippen LogP contribution in [0.4, 0.5) is 4.39 Å². The number of hydrogen-bond acceptors (Lipinski definition) is 2. The molecule has 0 bridgehead atoms. The Morgan fingerprint density at radius 1 is 1.22 bits per heavy atom. The van der Waals surface area contributed by atoms with Crippen molar-refractivity contribution in [1.29, 1.82) is 0 Å². The largest absolute Gasteiger partial charge is 0.314 e. The molecule has 1 fully saturated rings. The summed E-state index contributed by atoms with van der Waals surface area (Å²) in [5.41, 5.74) is 0.665. The summed E-state index contributed by atoms with van der Waals surface area (Å²) in [7, 11) is 0. The molecule has 1 aliphatic heterocycles. The van der Waals surface area contributed by atoms with E-state index in [1.54, 1.807) is 12.1 Å². The van der Waals surface area contributed by atoms with Crippen LogP contribution in [0.2, 0.25) is 15.1 Å². The molecular formula is C12H14Cl3FN2. The molecule has 18 heavy (non-hydrogen) atoms. The Balaban J connectivity index is 2.31. The fourth-order valence-electron chi connectivity index (χ4n) is 2.19. The molecule has 0 aromatic heterocycles. The molecule has 1 saturated heterocycles. The van der Waals surface area contributed by atoms with Crippen LogP contribution in [0.25, 0.3) is 0 Å². The first-order valence-corrected chi connectivity index (χ1v) is 6.92. The van der Waals surface area contributed by atoms with Gasteiger partial charge >= 0.3 is 0 Å². The number of nitrogens with zero attached hydrogens (tertiary/aromatic N) is 1. The van der Waals surface area contributed by atoms with E-state index >= 15 is 0 Å². The van der Waals surface area contributed by atoms with Gasteiger partial charge in [-0.1, -0.05) is 34.8 Å². The van der Waals surface area contributed by atoms with Crippen molar-refractivity contribution in [2.24, 2.45) is 0 Å². The molecule has 1 atom stereocenters. The molecule has 2 rings (SSSR count). The Morgan fingerprint density at radius 2 is 1.89 bits per heavy atom. The van der Waals surface area contributed by atoms with Crippen molar-refractivity contribution in [3.05, 3.63) is 32.8 Å². The minimum Gasteiger partial charge on any atom is -0.314 e. The van der Waals surface area contributed by atoms with E-state index in [1.165, 1.54) is 0 Å². The Bertz CT molecular complexity index is 422. The molecule has 100 valence electrons. The Kier molecular flexibility index (Phi) is 5.10. The number of rotatable bonds is 3. The van der Waals surface area contributed by atoms with Gasteiger partial charge in [0.15, 0.2) is 0 Å². The average molecular weight is 312 g/mol. The highest BCUT2D eigenvalue weighted by Crippen LogP contribution is 2.36. The highest BCUT2D eigenvalue weighted by Gasteiger charge is 2.25. The van der Waals surface area contributed by atoms with Crippen molar-refractivity contribution in [1.82, 2.24) is 10.2 Å². The second kappa shape index (κ2) is 6.40. The van der Waals surface area contributed by atoms with Gasteiger partial charge < -0.3 is 5.32 Å². The Morgan fingerprint density at radius 3 is 2.50 bits per heavy atom. The average Bonchev–Trinajstić information content (AvgIpc) is 2.37. The predicted octanol–water partition coefficient (Wildman–Crippen LogP) is 3.56. The maximum absolute atomic E-state index is 13.4. The van der Waals surface area contributed by atoms with E-state index in [4.69, 9.17) is 34.8 Å². The monoisotopic (exact) mass is 310 g/mol. The summed E-state index contributed by atoms with van der Waals surface area (Å²) in [4.78, 5) is 2.06. The van der Waals surface area contributed by atoms with Crippen LogP contribution >= 0.6 is 34.8 Å². The third-order valence-electron chi connectivity index (χ3n) is 3.12. The fraction of sp³-hybridized carbons (Fsp3) is 0.500. The number of alkyl halides is 1. The highest BCUT2D eigenvalue weighted by atomic mass is 35.5. The van der Waals surface area contributed by atoms with Crippen molar-refractivity contribution in [2.45, 2.75) is 6.04 Å². The number of benzene rings is 1. The van der Waals surface area contributed by atoms with Crippen LogP contribution in [0.15, 0.2) is 12.1 Å². The van der Waals surface area contributed by atoms with Crippen molar-refractivity contribution >= 4 is 34.8 Å². The van der Waals surface area contributed by atoms with Gasteiger partial charge in [0.05, 0.1) is 16.1 Å². The van der Waals surface area contributed by atoms with E-state index in [1.807, 2.05) is 0 Å². The molecule has 0 unspecified atom stereocenters. The number of halogens is 4. The summed E-state index contributed by atoms with van der Waals surface area (Å²) < 4.78 is 13.4. The van der Waals surface area contributed by atoms with Crippen molar-refractivity contribution < 1.29 is 4.39 Å². The second-order valence-electron chi connectivity index (χ2n) is 4.25. The molecule has 1 aromatic rings. The Labute approximate surface area is 121 Å². The molecule has 6 heteroatoms. The van der Waals surface area contributed by atoms with Gasteiger partial charge in [0.1, 0.15) is 6.67 Å². The van der Waals surface area contributed by atoms with Crippen LogP contribution in [0.3, 0.4) is 0 Å². The molecule has 0 amide bonds. The standard InChI is InChI=1S/C12H14Cl3FN2/c13-8-5-9(12(15)10(14)6-8)11(7-16)18-3-1-17-2-4-18/h5-6,11,17H,1-4,7H2/t11-/m0/s1. The lowest BCUT2D eigenvalue weighted by atomic mass is 10.1. The lowest BCUT2D eigenvalue weighted by molar-refractivity contribution is 0.147. The minimum atomic E-state index is -0.504. The highest BCUT2D eigenvalue weighted by molar-refractivity contribution is 6.43. The molecule has 0 radical (unpaired) electrons. The topological polar surface area (TPSA) is 15.3 Å². The van der Waals surface area contributed by atoms with Gasteiger partial charge in [0.2, 0.25) is 0 Å². The van der Waals surface area contributed by atoms with E-state index in [2.05, 4.69) is 10.2 Å². The third-order valence-corrected chi connectivity index (χ3v) is 4.15. The fourth-order valence-corrected chi connectivity index (χ4v) is 2.93. The quantitative estimate of drug-likeness (QED) is 0.859. The lowest BCUT2D eigenvalue weighted by Gasteiger charge is -2.34. The first kappa shape index (κ1) is 14.4. The van der Waals surface area contributed by atoms with Crippen LogP contribution < -0.4 is 5.32 Å². The summed E-state index contributed by atoms with van der Waals surface area (Å²) in [6.07, 6.45) is 0. The lowest BCUT2D eigenvalue weighted by Crippen LogP contribution is -2.45. The van der Waals surface area contributed by atoms with Gasteiger partial charge in [-0.15, -0.1) is 0 Å². The summed E-state index contributed by atoms with van der Waals surface area (Å²) in [5.74, 6) is 0. The van der Waals surface area contributed by atoms with E-state index in [-0.39, 0.29) is 6.04 Å². The van der Waals surface area contributed by atoms with Gasteiger partial charge in [-0.25, -0.2) is 4.39 Å². The first-order chi connectivity index (χ1) is 8.63. The van der Waals surface area contributed by atoms with E-state index in [0.29, 0.717) is 20.6 Å². The van der Waals surface area contributed by atoms with Crippen molar-refractivity contribution in [3.63, 3.8) is 0 Å². The number of nitrogens with one attached hydrogen (secondary N) is 1. The van der Waals surface area contributed by atoms with Crippen LogP contribution in [-0.4, -0.2) is 37.8 Å². The summed E-state index contributed by atoms with van der Waals surface area (Å²) >= 11 is 18.1. The maximum atomic E-state index is 13.4. The van der Waals surface area contributed by atoms with Crippen LogP contribution in [0.5, 0.6) is 0 Å². The summed E-state index contributed by atoms with van der Waals surface area (Å²) in [6.45, 7) is 2.77. The zero-order chi connectivity index (χ0) is 13.1. The first-order valence-electron chi connectivity index (χ1n) is 5.78. The molecule has 1 heterocycles. The molecule has 0 aliphatic carbocycles. The minimum absolute atomic E-state index is 0.368. The summed E-state index contributed by atoms with van der Waals surface area (Å²) in [5, 5.41) is 4.47. The molecule has 1 N–H and O–H groups in total. The van der Waals surface area contributed by atoms with E-state index in [9.17, 15) is 4.39 Å². The summed E-state index contributed by atoms with van der Waals surface area (Å²) in [6, 6.07) is 2.89. The maximum Gasteiger partial charge on any atom is 0.109 e.